The van der Waals surface area contributed by atoms with Crippen molar-refractivity contribution in [2.24, 2.45) is 0 Å². The molecule has 1 aromatic heterocycles. The molecule has 0 aliphatic heterocycles. The molecule has 0 saturated heterocycles. The van der Waals surface area contributed by atoms with Gasteiger partial charge in [-0.25, -0.2) is 0 Å². The third-order valence-corrected chi connectivity index (χ3v) is 9.36. The lowest BCUT2D eigenvalue weighted by Gasteiger charge is -2.30. The fourth-order valence-corrected chi connectivity index (χ4v) is 8.14. The van der Waals surface area contributed by atoms with E-state index in [0.717, 1.165) is 4.47 Å². The van der Waals surface area contributed by atoms with Gasteiger partial charge in [0, 0.05) is 30.2 Å². The zero-order valence-electron chi connectivity index (χ0n) is 17.6. The maximum Gasteiger partial charge on any atom is 0.0726 e. The van der Waals surface area contributed by atoms with E-state index in [1.165, 1.54) is 64.7 Å². The predicted octanol–water partition coefficient (Wildman–Crippen LogP) is 9.16. The zero-order valence-corrected chi connectivity index (χ0v) is 20.0. The predicted molar refractivity (Wildman–Crippen MR) is 143 cm³/mol. The molecule has 0 fully saturated rings. The van der Waals surface area contributed by atoms with E-state index in [4.69, 9.17) is 0 Å². The van der Waals surface area contributed by atoms with Gasteiger partial charge in [-0.1, -0.05) is 101 Å². The van der Waals surface area contributed by atoms with Crippen LogP contribution in [0.25, 0.3) is 42.4 Å². The number of halogens is 1. The van der Waals surface area contributed by atoms with E-state index in [-0.39, 0.29) is 5.41 Å². The highest BCUT2D eigenvalue weighted by Crippen LogP contribution is 2.65. The van der Waals surface area contributed by atoms with Crippen LogP contribution in [0.4, 0.5) is 0 Å². The van der Waals surface area contributed by atoms with Crippen LogP contribution in [-0.4, -0.2) is 0 Å². The Hall–Kier alpha value is -3.20. The Labute approximate surface area is 204 Å². The summed E-state index contributed by atoms with van der Waals surface area (Å²) in [6.45, 7) is 0. The number of benzene rings is 5. The second-order valence-electron chi connectivity index (χ2n) is 8.96. The molecule has 0 saturated carbocycles. The normalized spacial score (nSPS) is 17.4. The van der Waals surface area contributed by atoms with Gasteiger partial charge in [0.15, 0.2) is 0 Å². The lowest BCUT2D eigenvalue weighted by Crippen LogP contribution is -2.25. The molecule has 1 unspecified atom stereocenters. The van der Waals surface area contributed by atoms with Crippen molar-refractivity contribution in [3.8, 4) is 22.3 Å². The van der Waals surface area contributed by atoms with Crippen molar-refractivity contribution < 1.29 is 0 Å². The minimum atomic E-state index is -0.293. The minimum absolute atomic E-state index is 0.293. The average Bonchev–Trinajstić information content (AvgIpc) is 3.48. The SMILES string of the molecule is Brc1cccc2c1-c1ccccc1C21c2ccccc2-c2c1ccc1sc3ccccc3c21. The molecule has 154 valence electrons. The molecule has 2 aliphatic rings. The van der Waals surface area contributed by atoms with Crippen molar-refractivity contribution in [3.63, 3.8) is 0 Å². The minimum Gasteiger partial charge on any atom is -0.135 e. The Bertz CT molecular complexity index is 1790. The standard InChI is InChI=1S/C31H17BrS/c32-25-14-7-13-23-28(25)18-8-1-4-11-21(18)31(23)22-12-5-2-9-19(22)29-24(31)16-17-27-30(29)20-10-3-6-15-26(20)33-27/h1-17H. The zero-order chi connectivity index (χ0) is 21.7. The van der Waals surface area contributed by atoms with E-state index in [9.17, 15) is 0 Å². The molecule has 1 heterocycles. The first kappa shape index (κ1) is 18.3. The van der Waals surface area contributed by atoms with Gasteiger partial charge in [0.1, 0.15) is 0 Å². The molecule has 1 atom stereocenters. The molecule has 0 N–H and O–H groups in total. The van der Waals surface area contributed by atoms with Gasteiger partial charge < -0.3 is 0 Å². The van der Waals surface area contributed by atoms with Gasteiger partial charge in [0.2, 0.25) is 0 Å². The van der Waals surface area contributed by atoms with Crippen LogP contribution in [0.1, 0.15) is 22.3 Å². The van der Waals surface area contributed by atoms with Crippen LogP contribution in [-0.2, 0) is 5.41 Å². The molecule has 0 bridgehead atoms. The molecule has 33 heavy (non-hydrogen) atoms. The highest BCUT2D eigenvalue weighted by Gasteiger charge is 2.52. The maximum absolute atomic E-state index is 3.90. The molecule has 2 heteroatoms. The van der Waals surface area contributed by atoms with Gasteiger partial charge in [-0.15, -0.1) is 11.3 Å². The van der Waals surface area contributed by atoms with E-state index in [1.54, 1.807) is 0 Å². The molecular formula is C31H17BrS. The number of hydrogen-bond acceptors (Lipinski definition) is 1. The Kier molecular flexibility index (Phi) is 3.44. The van der Waals surface area contributed by atoms with Gasteiger partial charge in [0.25, 0.3) is 0 Å². The summed E-state index contributed by atoms with van der Waals surface area (Å²) in [7, 11) is 0. The van der Waals surface area contributed by atoms with E-state index >= 15 is 0 Å². The van der Waals surface area contributed by atoms with Crippen molar-refractivity contribution in [2.45, 2.75) is 5.41 Å². The summed E-state index contributed by atoms with van der Waals surface area (Å²) in [5.74, 6) is 0. The number of hydrogen-bond donors (Lipinski definition) is 0. The number of thiophene rings is 1. The summed E-state index contributed by atoms with van der Waals surface area (Å²) >= 11 is 5.79. The molecule has 6 aromatic rings. The average molecular weight is 501 g/mol. The van der Waals surface area contributed by atoms with Crippen LogP contribution < -0.4 is 0 Å². The molecule has 0 nitrogen and oxygen atoms in total. The summed E-state index contributed by atoms with van der Waals surface area (Å²) < 4.78 is 3.88. The molecule has 1 spiro atoms. The summed E-state index contributed by atoms with van der Waals surface area (Å²) in [4.78, 5) is 0. The Morgan fingerprint density at radius 2 is 1.15 bits per heavy atom. The van der Waals surface area contributed by atoms with Crippen molar-refractivity contribution in [1.29, 1.82) is 0 Å². The van der Waals surface area contributed by atoms with Crippen LogP contribution in [0.3, 0.4) is 0 Å². The van der Waals surface area contributed by atoms with Gasteiger partial charge in [-0.3, -0.25) is 0 Å². The Balaban J connectivity index is 1.65. The highest BCUT2D eigenvalue weighted by atomic mass is 79.9. The summed E-state index contributed by atoms with van der Waals surface area (Å²) in [5, 5.41) is 2.76. The molecule has 5 aromatic carbocycles. The first-order valence-corrected chi connectivity index (χ1v) is 12.8. The Morgan fingerprint density at radius 1 is 0.515 bits per heavy atom. The molecular weight excluding hydrogens is 484 g/mol. The monoisotopic (exact) mass is 500 g/mol. The molecule has 0 amide bonds. The molecule has 2 aliphatic carbocycles. The fraction of sp³-hybridized carbons (Fsp3) is 0.0323. The van der Waals surface area contributed by atoms with Crippen molar-refractivity contribution in [1.82, 2.24) is 0 Å². The van der Waals surface area contributed by atoms with Gasteiger partial charge in [-0.2, -0.15) is 0 Å². The smallest absolute Gasteiger partial charge is 0.0726 e. The number of fused-ring (bicyclic) bond motifs is 14. The van der Waals surface area contributed by atoms with Gasteiger partial charge >= 0.3 is 0 Å². The van der Waals surface area contributed by atoms with E-state index in [0.29, 0.717) is 0 Å². The third kappa shape index (κ3) is 2.04. The third-order valence-electron chi connectivity index (χ3n) is 7.57. The topological polar surface area (TPSA) is 0 Å². The van der Waals surface area contributed by atoms with Crippen LogP contribution in [0.5, 0.6) is 0 Å². The maximum atomic E-state index is 3.90. The van der Waals surface area contributed by atoms with Crippen molar-refractivity contribution in [3.05, 3.63) is 130 Å². The van der Waals surface area contributed by atoms with Crippen molar-refractivity contribution >= 4 is 47.4 Å². The van der Waals surface area contributed by atoms with Crippen LogP contribution in [0.15, 0.2) is 108 Å². The van der Waals surface area contributed by atoms with Crippen LogP contribution >= 0.6 is 27.3 Å². The van der Waals surface area contributed by atoms with Crippen LogP contribution in [0.2, 0.25) is 0 Å². The Morgan fingerprint density at radius 3 is 1.97 bits per heavy atom. The summed E-state index contributed by atoms with van der Waals surface area (Å²) in [6, 6.07) is 38.4. The molecule has 0 radical (unpaired) electrons. The second-order valence-corrected chi connectivity index (χ2v) is 10.9. The second kappa shape index (κ2) is 6.22. The molecule has 8 rings (SSSR count). The lowest BCUT2D eigenvalue weighted by molar-refractivity contribution is 0.794. The van der Waals surface area contributed by atoms with Crippen LogP contribution in [0, 0.1) is 0 Å². The van der Waals surface area contributed by atoms with Gasteiger partial charge in [0.05, 0.1) is 5.41 Å². The van der Waals surface area contributed by atoms with Gasteiger partial charge in [-0.05, 0) is 57.1 Å². The summed E-state index contributed by atoms with van der Waals surface area (Å²) in [5.41, 5.74) is 10.7. The highest BCUT2D eigenvalue weighted by molar-refractivity contribution is 9.10. The quantitative estimate of drug-likeness (QED) is 0.194. The first-order valence-electron chi connectivity index (χ1n) is 11.2. The fourth-order valence-electron chi connectivity index (χ4n) is 6.45. The first-order chi connectivity index (χ1) is 16.3. The van der Waals surface area contributed by atoms with E-state index in [1.807, 2.05) is 11.3 Å². The van der Waals surface area contributed by atoms with Crippen molar-refractivity contribution in [2.75, 3.05) is 0 Å². The van der Waals surface area contributed by atoms with E-state index in [2.05, 4.69) is 119 Å². The summed E-state index contributed by atoms with van der Waals surface area (Å²) in [6.07, 6.45) is 0. The number of rotatable bonds is 0. The van der Waals surface area contributed by atoms with E-state index < -0.39 is 0 Å². The lowest BCUT2D eigenvalue weighted by atomic mass is 9.70. The largest absolute Gasteiger partial charge is 0.135 e.